The van der Waals surface area contributed by atoms with Crippen molar-refractivity contribution < 1.29 is 19.4 Å². The molecule has 2 amide bonds. The summed E-state index contributed by atoms with van der Waals surface area (Å²) in [7, 11) is 0. The average molecular weight is 399 g/mol. The van der Waals surface area contributed by atoms with Gasteiger partial charge in [0.25, 0.3) is 0 Å². The number of nitrogens with zero attached hydrogens (tertiary/aromatic N) is 2. The van der Waals surface area contributed by atoms with E-state index in [1.165, 1.54) is 0 Å². The van der Waals surface area contributed by atoms with Crippen LogP contribution in [0, 0.1) is 11.8 Å². The van der Waals surface area contributed by atoms with Gasteiger partial charge < -0.3 is 19.6 Å². The van der Waals surface area contributed by atoms with E-state index < -0.39 is 0 Å². The van der Waals surface area contributed by atoms with E-state index >= 15 is 0 Å². The quantitative estimate of drug-likeness (QED) is 0.821. The molecule has 1 aromatic carbocycles. The number of ether oxygens (including phenoxy) is 1. The number of carbonyl (C=O) groups is 2. The van der Waals surface area contributed by atoms with Crippen LogP contribution in [0.15, 0.2) is 30.3 Å². The summed E-state index contributed by atoms with van der Waals surface area (Å²) in [6.45, 7) is 2.43. The summed E-state index contributed by atoms with van der Waals surface area (Å²) in [6, 6.07) is 9.98. The van der Waals surface area contributed by atoms with Crippen LogP contribution in [0.1, 0.15) is 43.6 Å². The van der Waals surface area contributed by atoms with Crippen molar-refractivity contribution in [1.29, 1.82) is 0 Å². The lowest BCUT2D eigenvalue weighted by atomic mass is 9.60. The molecule has 3 aliphatic heterocycles. The first-order chi connectivity index (χ1) is 14.1. The molecule has 3 heterocycles. The van der Waals surface area contributed by atoms with Crippen LogP contribution >= 0.6 is 0 Å². The van der Waals surface area contributed by atoms with Gasteiger partial charge in [-0.1, -0.05) is 30.3 Å². The van der Waals surface area contributed by atoms with Crippen molar-refractivity contribution in [3.8, 4) is 0 Å². The lowest BCUT2D eigenvalue weighted by Gasteiger charge is -2.70. The van der Waals surface area contributed by atoms with E-state index in [1.807, 2.05) is 28.0 Å². The number of benzene rings is 1. The molecule has 1 spiro atoms. The Kier molecular flexibility index (Phi) is 4.87. The molecule has 0 aromatic heterocycles. The predicted octanol–water partition coefficient (Wildman–Crippen LogP) is 1.78. The molecule has 5 rings (SSSR count). The fourth-order valence-electron chi connectivity index (χ4n) is 5.71. The molecular weight excluding hydrogens is 368 g/mol. The van der Waals surface area contributed by atoms with Crippen LogP contribution in [0.3, 0.4) is 0 Å². The number of aliphatic hydroxyl groups is 1. The number of likely N-dealkylation sites (tertiary alicyclic amines) is 2. The number of aliphatic hydroxyl groups excluding tert-OH is 1. The topological polar surface area (TPSA) is 70.1 Å². The summed E-state index contributed by atoms with van der Waals surface area (Å²) in [4.78, 5) is 30.0. The van der Waals surface area contributed by atoms with Crippen molar-refractivity contribution in [2.75, 3.05) is 32.9 Å². The summed E-state index contributed by atoms with van der Waals surface area (Å²) in [5.41, 5.74) is 0.793. The lowest BCUT2D eigenvalue weighted by molar-refractivity contribution is -0.205. The minimum Gasteiger partial charge on any atom is -0.394 e. The second kappa shape index (κ2) is 7.40. The summed E-state index contributed by atoms with van der Waals surface area (Å²) in [5.74, 6) is 0.982. The molecule has 1 N–H and O–H groups in total. The molecule has 3 saturated heterocycles. The van der Waals surface area contributed by atoms with Crippen molar-refractivity contribution in [2.45, 2.75) is 49.6 Å². The zero-order valence-corrected chi connectivity index (χ0v) is 16.8. The molecule has 2 atom stereocenters. The van der Waals surface area contributed by atoms with Gasteiger partial charge in [-0.25, -0.2) is 0 Å². The normalized spacial score (nSPS) is 28.7. The third-order valence-electron chi connectivity index (χ3n) is 7.36. The first kappa shape index (κ1) is 19.1. The highest BCUT2D eigenvalue weighted by Crippen LogP contribution is 2.55. The van der Waals surface area contributed by atoms with Gasteiger partial charge in [-0.15, -0.1) is 0 Å². The predicted molar refractivity (Wildman–Crippen MR) is 107 cm³/mol. The van der Waals surface area contributed by atoms with Crippen LogP contribution in [-0.4, -0.2) is 71.2 Å². The largest absolute Gasteiger partial charge is 0.394 e. The van der Waals surface area contributed by atoms with E-state index in [-0.39, 0.29) is 41.8 Å². The third kappa shape index (κ3) is 3.17. The fraction of sp³-hybridized carbons (Fsp3) is 0.652. The summed E-state index contributed by atoms with van der Waals surface area (Å²) in [5, 5.41) is 10.1. The Morgan fingerprint density at radius 1 is 1.07 bits per heavy atom. The number of rotatable bonds is 5. The monoisotopic (exact) mass is 398 g/mol. The Hall–Kier alpha value is -1.92. The van der Waals surface area contributed by atoms with E-state index in [0.29, 0.717) is 38.6 Å². The minimum atomic E-state index is -0.360. The van der Waals surface area contributed by atoms with E-state index in [2.05, 4.69) is 12.1 Å². The van der Waals surface area contributed by atoms with Crippen molar-refractivity contribution >= 4 is 11.8 Å². The van der Waals surface area contributed by atoms with Crippen LogP contribution in [0.2, 0.25) is 0 Å². The van der Waals surface area contributed by atoms with E-state index in [1.54, 1.807) is 0 Å². The van der Waals surface area contributed by atoms with Gasteiger partial charge in [0.2, 0.25) is 11.8 Å². The highest BCUT2D eigenvalue weighted by atomic mass is 16.5. The Morgan fingerprint density at radius 3 is 2.38 bits per heavy atom. The summed E-state index contributed by atoms with van der Waals surface area (Å²) in [6.07, 6.45) is 4.41. The Morgan fingerprint density at radius 2 is 1.76 bits per heavy atom. The lowest BCUT2D eigenvalue weighted by Crippen LogP contribution is -2.86. The molecule has 29 heavy (non-hydrogen) atoms. The molecule has 4 aliphatic rings. The standard InChI is InChI=1S/C23H30N2O4/c26-13-19-21(17-4-2-1-3-5-17)23(25(19)20(27)12-16-6-7-16)14-24(15-23)22(28)18-8-10-29-11-9-18/h1-5,16,18-19,21,26H,6-15H2/t19-,21-/m0/s1. The van der Waals surface area contributed by atoms with Crippen molar-refractivity contribution in [1.82, 2.24) is 9.80 Å². The maximum atomic E-state index is 13.1. The van der Waals surface area contributed by atoms with Crippen LogP contribution in [-0.2, 0) is 14.3 Å². The van der Waals surface area contributed by atoms with Gasteiger partial charge in [0.15, 0.2) is 0 Å². The Labute approximate surface area is 171 Å². The first-order valence-corrected chi connectivity index (χ1v) is 11.0. The molecule has 1 aliphatic carbocycles. The number of amides is 2. The van der Waals surface area contributed by atoms with E-state index in [4.69, 9.17) is 4.74 Å². The first-order valence-electron chi connectivity index (χ1n) is 11.0. The van der Waals surface area contributed by atoms with Crippen molar-refractivity contribution in [3.63, 3.8) is 0 Å². The van der Waals surface area contributed by atoms with E-state index in [0.717, 1.165) is 31.2 Å². The van der Waals surface area contributed by atoms with Gasteiger partial charge in [0.05, 0.1) is 18.2 Å². The molecule has 1 saturated carbocycles. The van der Waals surface area contributed by atoms with Crippen LogP contribution in [0.5, 0.6) is 0 Å². The van der Waals surface area contributed by atoms with Crippen LogP contribution < -0.4 is 0 Å². The fourth-order valence-corrected chi connectivity index (χ4v) is 5.71. The second-order valence-corrected chi connectivity index (χ2v) is 9.23. The maximum Gasteiger partial charge on any atom is 0.226 e. The van der Waals surface area contributed by atoms with Gasteiger partial charge in [-0.2, -0.15) is 0 Å². The smallest absolute Gasteiger partial charge is 0.226 e. The SMILES string of the molecule is O=C(C1CCOCC1)N1CC2(C1)[C@@H](c1ccccc1)[C@H](CO)N2C(=O)CC1CC1. The molecule has 0 radical (unpaired) electrons. The molecule has 6 heteroatoms. The molecule has 0 unspecified atom stereocenters. The van der Waals surface area contributed by atoms with Gasteiger partial charge in [-0.05, 0) is 37.2 Å². The molecule has 6 nitrogen and oxygen atoms in total. The van der Waals surface area contributed by atoms with Gasteiger partial charge in [0, 0.05) is 44.6 Å². The summed E-state index contributed by atoms with van der Waals surface area (Å²) < 4.78 is 5.40. The zero-order chi connectivity index (χ0) is 20.0. The van der Waals surface area contributed by atoms with Gasteiger partial charge >= 0.3 is 0 Å². The summed E-state index contributed by atoms with van der Waals surface area (Å²) >= 11 is 0. The minimum absolute atomic E-state index is 0.0361. The highest BCUT2D eigenvalue weighted by molar-refractivity contribution is 5.84. The average Bonchev–Trinajstić information content (AvgIpc) is 3.51. The van der Waals surface area contributed by atoms with Crippen LogP contribution in [0.4, 0.5) is 0 Å². The zero-order valence-electron chi connectivity index (χ0n) is 16.8. The third-order valence-corrected chi connectivity index (χ3v) is 7.36. The number of hydrogen-bond donors (Lipinski definition) is 1. The molecule has 156 valence electrons. The molecule has 1 aromatic rings. The second-order valence-electron chi connectivity index (χ2n) is 9.23. The molecular formula is C23H30N2O4. The Bertz CT molecular complexity index is 766. The molecule has 4 fully saturated rings. The number of hydrogen-bond acceptors (Lipinski definition) is 4. The van der Waals surface area contributed by atoms with Crippen molar-refractivity contribution in [3.05, 3.63) is 35.9 Å². The maximum absolute atomic E-state index is 13.1. The van der Waals surface area contributed by atoms with Crippen molar-refractivity contribution in [2.24, 2.45) is 11.8 Å². The van der Waals surface area contributed by atoms with Crippen LogP contribution in [0.25, 0.3) is 0 Å². The van der Waals surface area contributed by atoms with Gasteiger partial charge in [-0.3, -0.25) is 9.59 Å². The highest BCUT2D eigenvalue weighted by Gasteiger charge is 2.68. The van der Waals surface area contributed by atoms with Gasteiger partial charge in [0.1, 0.15) is 0 Å². The Balaban J connectivity index is 1.37. The number of carbonyl (C=O) groups excluding carboxylic acids is 2. The van der Waals surface area contributed by atoms with E-state index in [9.17, 15) is 14.7 Å². The molecule has 0 bridgehead atoms.